The molecule has 1 N–H and O–H groups in total. The van der Waals surface area contributed by atoms with E-state index in [1.807, 2.05) is 6.07 Å². The van der Waals surface area contributed by atoms with Crippen molar-refractivity contribution >= 4 is 59.1 Å². The number of nitrogens with one attached hydrogen (secondary N) is 1. The maximum atomic E-state index is 11.1. The number of methoxy groups -OCH3 is 3. The highest BCUT2D eigenvalue weighted by Crippen LogP contribution is 2.40. The number of hydrogen-bond acceptors (Lipinski definition) is 10. The molecule has 0 radical (unpaired) electrons. The highest BCUT2D eigenvalue weighted by Gasteiger charge is 2.17. The molecule has 0 fully saturated rings. The number of anilines is 2. The Balaban J connectivity index is 1.72. The molecule has 0 aliphatic carbocycles. The lowest BCUT2D eigenvalue weighted by Gasteiger charge is -2.05. The van der Waals surface area contributed by atoms with Crippen molar-refractivity contribution in [1.82, 2.24) is 9.97 Å². The average Bonchev–Trinajstić information content (AvgIpc) is 3.27. The predicted molar refractivity (Wildman–Crippen MR) is 109 cm³/mol. The smallest absolute Gasteiger partial charge is 0.274 e. The van der Waals surface area contributed by atoms with Gasteiger partial charge >= 0.3 is 0 Å². The minimum absolute atomic E-state index is 0.0428. The summed E-state index contributed by atoms with van der Waals surface area (Å²) in [5.41, 5.74) is 1.28. The molecule has 0 bridgehead atoms. The number of fused-ring (bicyclic) bond motifs is 2. The fourth-order valence-corrected chi connectivity index (χ4v) is 4.55. The van der Waals surface area contributed by atoms with Gasteiger partial charge in [-0.3, -0.25) is 10.1 Å². The zero-order valence-electron chi connectivity index (χ0n) is 15.0. The summed E-state index contributed by atoms with van der Waals surface area (Å²) in [6, 6.07) is 6.51. The first-order valence-electron chi connectivity index (χ1n) is 7.95. The topological polar surface area (TPSA) is 109 Å². The van der Waals surface area contributed by atoms with Crippen LogP contribution in [0, 0.1) is 10.1 Å². The molecule has 2 heterocycles. The van der Waals surface area contributed by atoms with Crippen molar-refractivity contribution < 1.29 is 19.1 Å². The molecule has 0 saturated carbocycles. The van der Waals surface area contributed by atoms with Crippen molar-refractivity contribution in [3.63, 3.8) is 0 Å². The maximum absolute atomic E-state index is 11.1. The molecule has 9 nitrogen and oxygen atoms in total. The fraction of sp³-hybridized carbons (Fsp3) is 0.176. The number of rotatable bonds is 6. The Morgan fingerprint density at radius 3 is 2.21 bits per heavy atom. The third-order valence-corrected chi connectivity index (χ3v) is 5.83. The van der Waals surface area contributed by atoms with Gasteiger partial charge in [0.1, 0.15) is 5.52 Å². The lowest BCUT2D eigenvalue weighted by Crippen LogP contribution is -1.91. The molecular weight excluding hydrogens is 404 g/mol. The van der Waals surface area contributed by atoms with E-state index in [-0.39, 0.29) is 5.69 Å². The van der Waals surface area contributed by atoms with Crippen LogP contribution in [0.3, 0.4) is 0 Å². The summed E-state index contributed by atoms with van der Waals surface area (Å²) in [5, 5.41) is 15.5. The maximum Gasteiger partial charge on any atom is 0.274 e. The van der Waals surface area contributed by atoms with Gasteiger partial charge in [0, 0.05) is 18.2 Å². The van der Waals surface area contributed by atoms with Gasteiger partial charge in [-0.05, 0) is 0 Å². The number of hydrogen-bond donors (Lipinski definition) is 1. The van der Waals surface area contributed by atoms with Gasteiger partial charge in [-0.1, -0.05) is 22.7 Å². The van der Waals surface area contributed by atoms with Gasteiger partial charge in [-0.15, -0.1) is 0 Å². The normalized spacial score (nSPS) is 11.0. The monoisotopic (exact) mass is 418 g/mol. The lowest BCUT2D eigenvalue weighted by molar-refractivity contribution is -0.384. The molecule has 144 valence electrons. The van der Waals surface area contributed by atoms with E-state index in [1.165, 1.54) is 41.9 Å². The third kappa shape index (κ3) is 3.14. The SMILES string of the molecule is COc1cc2nc(Nc3nc4c(OC)cc([N+](=O)[O-])cc4s3)sc2cc1OC. The second-order valence-corrected chi connectivity index (χ2v) is 7.65. The molecular formula is C17H14N4O5S2. The van der Waals surface area contributed by atoms with E-state index in [9.17, 15) is 10.1 Å². The van der Waals surface area contributed by atoms with Crippen LogP contribution in [-0.4, -0.2) is 36.2 Å². The predicted octanol–water partition coefficient (Wildman–Crippen LogP) is 4.58. The van der Waals surface area contributed by atoms with Gasteiger partial charge in [-0.25, -0.2) is 9.97 Å². The Labute approximate surface area is 166 Å². The molecule has 0 unspecified atom stereocenters. The molecule has 2 aromatic carbocycles. The highest BCUT2D eigenvalue weighted by molar-refractivity contribution is 7.24. The second kappa shape index (κ2) is 7.09. The molecule has 0 amide bonds. The number of nitro groups is 1. The van der Waals surface area contributed by atoms with E-state index in [2.05, 4.69) is 15.3 Å². The number of nitro benzene ring substituents is 1. The van der Waals surface area contributed by atoms with E-state index in [0.717, 1.165) is 10.2 Å². The summed E-state index contributed by atoms with van der Waals surface area (Å²) in [4.78, 5) is 19.7. The Bertz CT molecular complexity index is 1160. The minimum atomic E-state index is -0.455. The van der Waals surface area contributed by atoms with Crippen molar-refractivity contribution in [2.45, 2.75) is 0 Å². The van der Waals surface area contributed by atoms with Crippen LogP contribution in [0.25, 0.3) is 20.4 Å². The quantitative estimate of drug-likeness (QED) is 0.358. The number of benzene rings is 2. The van der Waals surface area contributed by atoms with Gasteiger partial charge in [0.25, 0.3) is 5.69 Å². The Morgan fingerprint density at radius 1 is 0.893 bits per heavy atom. The standard InChI is InChI=1S/C17H14N4O5S2/c1-24-10-6-9-13(7-11(10)25-2)27-16(18-9)20-17-19-15-12(26-3)4-8(21(22)23)5-14(15)28-17/h4-7H,1-3H3,(H,18,19,20). The zero-order valence-corrected chi connectivity index (χ0v) is 16.6. The molecule has 0 spiro atoms. The van der Waals surface area contributed by atoms with Gasteiger partial charge in [-0.2, -0.15) is 0 Å². The summed E-state index contributed by atoms with van der Waals surface area (Å²) in [6.45, 7) is 0. The van der Waals surface area contributed by atoms with E-state index < -0.39 is 4.92 Å². The van der Waals surface area contributed by atoms with Gasteiger partial charge in [0.15, 0.2) is 27.5 Å². The molecule has 0 atom stereocenters. The summed E-state index contributed by atoms with van der Waals surface area (Å²) in [5.74, 6) is 1.58. The average molecular weight is 418 g/mol. The first-order valence-corrected chi connectivity index (χ1v) is 9.58. The van der Waals surface area contributed by atoms with Crippen molar-refractivity contribution in [3.05, 3.63) is 34.4 Å². The van der Waals surface area contributed by atoms with Crippen LogP contribution in [0.1, 0.15) is 0 Å². The number of ether oxygens (including phenoxy) is 3. The summed E-state index contributed by atoms with van der Waals surface area (Å²) in [6.07, 6.45) is 0. The molecule has 2 aromatic heterocycles. The molecule has 4 aromatic rings. The fourth-order valence-electron chi connectivity index (χ4n) is 2.70. The molecule has 0 aliphatic rings. The van der Waals surface area contributed by atoms with Crippen LogP contribution in [0.15, 0.2) is 24.3 Å². The number of aromatic nitrogens is 2. The van der Waals surface area contributed by atoms with Crippen LogP contribution in [0.4, 0.5) is 16.0 Å². The van der Waals surface area contributed by atoms with Crippen LogP contribution in [0.5, 0.6) is 17.2 Å². The summed E-state index contributed by atoms with van der Waals surface area (Å²) >= 11 is 2.73. The van der Waals surface area contributed by atoms with Crippen LogP contribution in [0.2, 0.25) is 0 Å². The molecule has 4 rings (SSSR count). The highest BCUT2D eigenvalue weighted by atomic mass is 32.1. The number of non-ortho nitro benzene ring substituents is 1. The largest absolute Gasteiger partial charge is 0.494 e. The Kier molecular flexibility index (Phi) is 4.61. The molecule has 0 aliphatic heterocycles. The van der Waals surface area contributed by atoms with E-state index in [1.54, 1.807) is 20.3 Å². The van der Waals surface area contributed by atoms with Crippen LogP contribution in [-0.2, 0) is 0 Å². The van der Waals surface area contributed by atoms with Gasteiger partial charge < -0.3 is 19.5 Å². The number of nitrogens with zero attached hydrogens (tertiary/aromatic N) is 3. The first-order chi connectivity index (χ1) is 13.5. The van der Waals surface area contributed by atoms with Crippen LogP contribution >= 0.6 is 22.7 Å². The van der Waals surface area contributed by atoms with E-state index >= 15 is 0 Å². The number of thiazole rings is 2. The Hall–Kier alpha value is -3.18. The van der Waals surface area contributed by atoms with Crippen molar-refractivity contribution in [1.29, 1.82) is 0 Å². The second-order valence-electron chi connectivity index (χ2n) is 5.59. The van der Waals surface area contributed by atoms with E-state index in [4.69, 9.17) is 14.2 Å². The van der Waals surface area contributed by atoms with Gasteiger partial charge in [0.05, 0.1) is 47.2 Å². The van der Waals surface area contributed by atoms with Crippen LogP contribution < -0.4 is 19.5 Å². The van der Waals surface area contributed by atoms with Crippen molar-refractivity contribution in [2.75, 3.05) is 26.6 Å². The van der Waals surface area contributed by atoms with Crippen molar-refractivity contribution in [3.8, 4) is 17.2 Å². The third-order valence-electron chi connectivity index (χ3n) is 3.98. The molecule has 0 saturated heterocycles. The first kappa shape index (κ1) is 18.2. The van der Waals surface area contributed by atoms with Gasteiger partial charge in [0.2, 0.25) is 0 Å². The summed E-state index contributed by atoms with van der Waals surface area (Å²) in [7, 11) is 4.61. The minimum Gasteiger partial charge on any atom is -0.494 e. The summed E-state index contributed by atoms with van der Waals surface area (Å²) < 4.78 is 17.5. The lowest BCUT2D eigenvalue weighted by atomic mass is 10.3. The molecule has 11 heteroatoms. The van der Waals surface area contributed by atoms with Crippen molar-refractivity contribution in [2.24, 2.45) is 0 Å². The zero-order chi connectivity index (χ0) is 19.8. The molecule has 28 heavy (non-hydrogen) atoms. The van der Waals surface area contributed by atoms with E-state index in [0.29, 0.717) is 37.7 Å². The Morgan fingerprint density at radius 2 is 1.54 bits per heavy atom.